The van der Waals surface area contributed by atoms with Crippen LogP contribution in [0, 0.1) is 55.7 Å². The number of ether oxygens (including phenoxy) is 4. The van der Waals surface area contributed by atoms with Crippen LogP contribution in [0.5, 0.6) is 11.5 Å². The maximum atomic E-state index is 14.9. The largest absolute Gasteiger partial charge is 0.674 e. The van der Waals surface area contributed by atoms with Crippen LogP contribution in [-0.4, -0.2) is 131 Å². The van der Waals surface area contributed by atoms with E-state index < -0.39 is 61.9 Å². The maximum absolute atomic E-state index is 14.9. The monoisotopic (exact) mass is 1440 g/mol. The third kappa shape index (κ3) is 13.3. The van der Waals surface area contributed by atoms with Crippen molar-refractivity contribution in [2.45, 2.75) is 55.9 Å². The Labute approximate surface area is 519 Å². The Morgan fingerprint density at radius 2 is 1.06 bits per heavy atom. The average Bonchev–Trinajstić information content (AvgIpc) is 4.28. The fourth-order valence-electron chi connectivity index (χ4n) is 9.80. The third-order valence-corrected chi connectivity index (χ3v) is 45.6. The number of benzene rings is 4. The van der Waals surface area contributed by atoms with Crippen LogP contribution in [0.25, 0.3) is 5.73 Å². The van der Waals surface area contributed by atoms with Gasteiger partial charge in [-0.3, -0.25) is 30.0 Å². The van der Waals surface area contributed by atoms with Crippen molar-refractivity contribution in [1.82, 2.24) is 26.6 Å². The second-order valence-electron chi connectivity index (χ2n) is 19.2. The van der Waals surface area contributed by atoms with Gasteiger partial charge in [0.2, 0.25) is 0 Å². The van der Waals surface area contributed by atoms with Gasteiger partial charge in [-0.1, -0.05) is 57.8 Å². The number of nitrogens with one attached hydrogen (secondary N) is 6. The van der Waals surface area contributed by atoms with Gasteiger partial charge >= 0.3 is 24.2 Å². The molecule has 0 aliphatic carbocycles. The minimum Gasteiger partial charge on any atom is -0.674 e. The Morgan fingerprint density at radius 3 is 1.39 bits per heavy atom. The van der Waals surface area contributed by atoms with E-state index in [-0.39, 0.29) is 75.1 Å². The molecule has 7 aliphatic rings. The SMILES string of the molecule is CC(=S)NCC1CN(c2ccc(N3CCC4(CC3)NC(=O)NC4=O)c(F)c2)C(=O)O1.COc1ccc(P2(=S)SP(=S)(c3ccc(OC)cc3)S2)cc1.[Ac].[NH-]CC1CN(c2ccc(N3CCC4(CC3)NC(=O)NC4=O)c(F)c2)C(=O)O1. The van der Waals surface area contributed by atoms with Crippen LogP contribution >= 0.6 is 43.1 Å². The predicted molar refractivity (Wildman–Crippen MR) is 314 cm³/mol. The Bertz CT molecular complexity index is 3100. The molecule has 30 heteroatoms. The summed E-state index contributed by atoms with van der Waals surface area (Å²) in [4.78, 5) is 77.9. The van der Waals surface area contributed by atoms with E-state index in [1.807, 2.05) is 56.1 Å². The number of rotatable bonds is 11. The summed E-state index contributed by atoms with van der Waals surface area (Å²) >= 11 is 20.5. The average molecular weight is 1440 g/mol. The minimum absolute atomic E-state index is 0. The molecule has 4 aromatic rings. The zero-order chi connectivity index (χ0) is 56.4. The molecule has 20 nitrogen and oxygen atoms in total. The summed E-state index contributed by atoms with van der Waals surface area (Å²) in [6.07, 6.45) is -0.446. The van der Waals surface area contributed by atoms with Crippen LogP contribution in [0.1, 0.15) is 32.6 Å². The molecule has 0 aromatic heterocycles. The summed E-state index contributed by atoms with van der Waals surface area (Å²) in [6.45, 7) is 4.29. The molecule has 7 saturated heterocycles. The quantitative estimate of drug-likeness (QED) is 0.0559. The van der Waals surface area contributed by atoms with E-state index in [0.717, 1.165) is 11.5 Å². The molecule has 7 aliphatic heterocycles. The molecule has 2 unspecified atom stereocenters. The molecule has 0 bridgehead atoms. The number of amides is 8. The van der Waals surface area contributed by atoms with Gasteiger partial charge in [0, 0.05) is 80.9 Å². The van der Waals surface area contributed by atoms with Crippen molar-refractivity contribution in [1.29, 1.82) is 0 Å². The van der Waals surface area contributed by atoms with Crippen molar-refractivity contribution in [3.8, 4) is 11.5 Å². The number of methoxy groups -OCH3 is 2. The number of thiocarbonyl (C=S) groups is 1. The van der Waals surface area contributed by atoms with Crippen LogP contribution in [-0.2, 0) is 42.7 Å². The molecular weight excluding hydrogens is 1390 g/mol. The first-order chi connectivity index (χ1) is 37.7. The Morgan fingerprint density at radius 1 is 0.675 bits per heavy atom. The number of urea groups is 2. The first-order valence-electron chi connectivity index (χ1n) is 24.8. The fourth-order valence-corrected chi connectivity index (χ4v) is 52.2. The fraction of sp³-hybridized carbons (Fsp3) is 0.380. The molecule has 80 heavy (non-hydrogen) atoms. The van der Waals surface area contributed by atoms with Gasteiger partial charge in [-0.15, -0.1) is 6.54 Å². The number of hydrogen-bond acceptors (Lipinski definition) is 17. The number of carbonyl (C=O) groups is 6. The summed E-state index contributed by atoms with van der Waals surface area (Å²) in [5.41, 5.74) is 7.06. The smallest absolute Gasteiger partial charge is 0.414 e. The van der Waals surface area contributed by atoms with E-state index >= 15 is 0 Å². The molecule has 0 saturated carbocycles. The molecule has 7 fully saturated rings. The Kier molecular flexibility index (Phi) is 19.8. The maximum Gasteiger partial charge on any atom is 0.414 e. The number of cyclic esters (lactones) is 2. The topological polar surface area (TPSA) is 236 Å². The van der Waals surface area contributed by atoms with Crippen molar-refractivity contribution in [2.24, 2.45) is 0 Å². The molecule has 7 heterocycles. The molecule has 8 amide bonds. The summed E-state index contributed by atoms with van der Waals surface area (Å²) in [5, 5.41) is 15.3. The number of halogens is 2. The number of carbonyl (C=O) groups excluding carboxylic acids is 6. The molecule has 4 aromatic carbocycles. The summed E-state index contributed by atoms with van der Waals surface area (Å²) in [6, 6.07) is 24.3. The Hall–Kier alpha value is -4.35. The first-order valence-corrected chi connectivity index (χ1v) is 34.9. The molecule has 6 N–H and O–H groups in total. The van der Waals surface area contributed by atoms with Gasteiger partial charge in [-0.25, -0.2) is 28.0 Å². The first kappa shape index (κ1) is 61.7. The Balaban J connectivity index is 0.000000159. The van der Waals surface area contributed by atoms with Crippen molar-refractivity contribution in [3.05, 3.63) is 102 Å². The van der Waals surface area contributed by atoms with Crippen LogP contribution < -0.4 is 66.3 Å². The number of anilines is 4. The molecule has 11 rings (SSSR count). The van der Waals surface area contributed by atoms with Gasteiger partial charge in [0.15, 0.2) is 0 Å². The molecular formula is C50H55AcF2N10O10P2S5-. The predicted octanol–water partition coefficient (Wildman–Crippen LogP) is 7.40. The molecule has 423 valence electrons. The van der Waals surface area contributed by atoms with E-state index in [1.165, 1.54) is 32.5 Å². The van der Waals surface area contributed by atoms with E-state index in [0.29, 0.717) is 92.7 Å². The molecule has 2 spiro atoms. The number of nitrogens with zero attached hydrogens (tertiary/aromatic N) is 4. The number of imide groups is 2. The molecule has 1 radical (unpaired) electrons. The van der Waals surface area contributed by atoms with Crippen LogP contribution in [0.3, 0.4) is 0 Å². The number of piperidine rings is 2. The zero-order valence-corrected chi connectivity index (χ0v) is 54.0. The normalized spacial score (nSPS) is 24.1. The van der Waals surface area contributed by atoms with E-state index in [9.17, 15) is 37.5 Å². The van der Waals surface area contributed by atoms with Gasteiger partial charge < -0.3 is 50.4 Å². The van der Waals surface area contributed by atoms with E-state index in [4.69, 9.17) is 60.5 Å². The van der Waals surface area contributed by atoms with Gasteiger partial charge in [-0.05, 0) is 118 Å². The third-order valence-electron chi connectivity index (χ3n) is 14.2. The second-order valence-corrected chi connectivity index (χ2v) is 41.1. The standard InChI is InChI=1S/C19H22FN5O4S.C17H19FN5O4.C14H14O2P2S4.Ac/c1-11(30)21-9-13-10-25(18(28)29-13)12-2-3-15(14(20)8-12)24-6-4-19(5-7-24)16(26)22-17(27)23-19;18-12-7-10(23-9-11(8-19)27-16(23)26)1-2-13(12)22-5-3-17(4-6-22)14(24)20-15(25)21-17;1-15-11-3-7-13(8-4-11)17(19)21-18(20,22-17)14-9-5-12(16-2)6-10-14;/h2-3,8,13H,4-7,9-10H2,1H3,(H,21,30)(H2,22,23,26,27);1-2,7,11,19H,3-6,8-9H2,(H2,20,21,24,25);3-10H,1-2H3;/q;-1;;. The van der Waals surface area contributed by atoms with Crippen LogP contribution in [0.2, 0.25) is 0 Å². The van der Waals surface area contributed by atoms with Crippen LogP contribution in [0.4, 0.5) is 50.7 Å². The second kappa shape index (κ2) is 25.6. The van der Waals surface area contributed by atoms with Crippen molar-refractivity contribution < 1.29 is 101 Å². The van der Waals surface area contributed by atoms with Crippen molar-refractivity contribution in [2.75, 3.05) is 86.2 Å². The van der Waals surface area contributed by atoms with Crippen molar-refractivity contribution in [3.63, 3.8) is 0 Å². The van der Waals surface area contributed by atoms with Gasteiger partial charge in [0.05, 0.1) is 70.5 Å². The molecule has 2 atom stereocenters. The zero-order valence-electron chi connectivity index (χ0n) is 43.4. The summed E-state index contributed by atoms with van der Waals surface area (Å²) < 4.78 is 47.0. The van der Waals surface area contributed by atoms with E-state index in [2.05, 4.69) is 50.8 Å². The van der Waals surface area contributed by atoms with Gasteiger partial charge in [0.1, 0.15) is 46.4 Å². The minimum atomic E-state index is -1.66. The van der Waals surface area contributed by atoms with Crippen LogP contribution in [0.15, 0.2) is 84.9 Å². The van der Waals surface area contributed by atoms with Gasteiger partial charge in [0.25, 0.3) is 11.8 Å². The van der Waals surface area contributed by atoms with Gasteiger partial charge in [-0.2, -0.15) is 0 Å². The summed E-state index contributed by atoms with van der Waals surface area (Å²) in [7, 11) is 3.34. The van der Waals surface area contributed by atoms with Crippen molar-refractivity contribution >= 4 is 141 Å². The van der Waals surface area contributed by atoms with E-state index in [1.54, 1.807) is 45.4 Å². The summed E-state index contributed by atoms with van der Waals surface area (Å²) in [5.74, 6) is 0.103. The number of hydrogen-bond donors (Lipinski definition) is 5.